The molecule has 0 radical (unpaired) electrons. The van der Waals surface area contributed by atoms with E-state index in [0.717, 1.165) is 48.6 Å². The number of hydrogen-bond donors (Lipinski definition) is 1. The van der Waals surface area contributed by atoms with Crippen LogP contribution in [0.15, 0.2) is 72.8 Å². The lowest BCUT2D eigenvalue weighted by molar-refractivity contribution is -0.117. The largest absolute Gasteiger partial charge is 0.486 e. The van der Waals surface area contributed by atoms with Crippen molar-refractivity contribution in [2.45, 2.75) is 25.3 Å². The third-order valence-corrected chi connectivity index (χ3v) is 6.19. The number of likely N-dealkylation sites (tertiary alicyclic amines) is 1. The SMILES string of the molecule is O=C(CN1CCC[C@@H]1c1ccc2c(c1)OCCO2)Nc1ccccc1Cc1ccccc1. The zero-order valence-electron chi connectivity index (χ0n) is 18.1. The van der Waals surface area contributed by atoms with Gasteiger partial charge in [0.2, 0.25) is 5.91 Å². The summed E-state index contributed by atoms with van der Waals surface area (Å²) in [5.41, 5.74) is 4.42. The molecule has 5 heteroatoms. The summed E-state index contributed by atoms with van der Waals surface area (Å²) in [5.74, 6) is 1.63. The zero-order valence-corrected chi connectivity index (χ0v) is 18.1. The summed E-state index contributed by atoms with van der Waals surface area (Å²) in [6, 6.07) is 24.8. The molecule has 5 rings (SSSR count). The minimum absolute atomic E-state index is 0.0231. The van der Waals surface area contributed by atoms with Gasteiger partial charge in [0.25, 0.3) is 0 Å². The molecule has 164 valence electrons. The van der Waals surface area contributed by atoms with E-state index in [9.17, 15) is 4.79 Å². The monoisotopic (exact) mass is 428 g/mol. The van der Waals surface area contributed by atoms with Crippen molar-refractivity contribution in [2.24, 2.45) is 0 Å². The van der Waals surface area contributed by atoms with Gasteiger partial charge in [0.15, 0.2) is 11.5 Å². The van der Waals surface area contributed by atoms with Crippen molar-refractivity contribution in [3.63, 3.8) is 0 Å². The third kappa shape index (κ3) is 4.63. The van der Waals surface area contributed by atoms with E-state index in [1.807, 2.05) is 42.5 Å². The smallest absolute Gasteiger partial charge is 0.238 e. The minimum Gasteiger partial charge on any atom is -0.486 e. The summed E-state index contributed by atoms with van der Waals surface area (Å²) >= 11 is 0. The lowest BCUT2D eigenvalue weighted by Crippen LogP contribution is -2.33. The molecule has 2 aliphatic rings. The van der Waals surface area contributed by atoms with Gasteiger partial charge in [0.05, 0.1) is 6.54 Å². The van der Waals surface area contributed by atoms with Crippen molar-refractivity contribution in [3.8, 4) is 11.5 Å². The normalized spacial score (nSPS) is 17.8. The Balaban J connectivity index is 1.26. The minimum atomic E-state index is 0.0231. The van der Waals surface area contributed by atoms with Gasteiger partial charge in [-0.3, -0.25) is 9.69 Å². The Morgan fingerprint density at radius 2 is 1.72 bits per heavy atom. The average Bonchev–Trinajstić information content (AvgIpc) is 3.28. The first-order valence-corrected chi connectivity index (χ1v) is 11.3. The van der Waals surface area contributed by atoms with E-state index >= 15 is 0 Å². The number of fused-ring (bicyclic) bond motifs is 1. The summed E-state index contributed by atoms with van der Waals surface area (Å²) in [5, 5.41) is 3.15. The first kappa shape index (κ1) is 20.6. The topological polar surface area (TPSA) is 50.8 Å². The number of carbonyl (C=O) groups excluding carboxylic acids is 1. The quantitative estimate of drug-likeness (QED) is 0.611. The highest BCUT2D eigenvalue weighted by atomic mass is 16.6. The van der Waals surface area contributed by atoms with Crippen molar-refractivity contribution >= 4 is 11.6 Å². The first-order chi connectivity index (χ1) is 15.8. The van der Waals surface area contributed by atoms with Gasteiger partial charge in [-0.2, -0.15) is 0 Å². The molecule has 32 heavy (non-hydrogen) atoms. The Hall–Kier alpha value is -3.31. The van der Waals surface area contributed by atoms with Gasteiger partial charge in [-0.05, 0) is 60.7 Å². The summed E-state index contributed by atoms with van der Waals surface area (Å²) in [7, 11) is 0. The van der Waals surface area contributed by atoms with Crippen LogP contribution in [0.5, 0.6) is 11.5 Å². The molecule has 1 atom stereocenters. The molecule has 1 N–H and O–H groups in total. The number of para-hydroxylation sites is 1. The Bertz CT molecular complexity index is 1080. The predicted octanol–water partition coefficient (Wildman–Crippen LogP) is 4.82. The molecule has 0 aromatic heterocycles. The van der Waals surface area contributed by atoms with Gasteiger partial charge in [-0.15, -0.1) is 0 Å². The van der Waals surface area contributed by atoms with Gasteiger partial charge >= 0.3 is 0 Å². The summed E-state index contributed by atoms with van der Waals surface area (Å²) in [6.07, 6.45) is 2.91. The molecule has 2 heterocycles. The second-order valence-electron chi connectivity index (χ2n) is 8.40. The summed E-state index contributed by atoms with van der Waals surface area (Å²) < 4.78 is 11.4. The molecular weight excluding hydrogens is 400 g/mol. The predicted molar refractivity (Wildman–Crippen MR) is 125 cm³/mol. The fourth-order valence-corrected chi connectivity index (χ4v) is 4.65. The number of amides is 1. The maximum absolute atomic E-state index is 13.0. The van der Waals surface area contributed by atoms with E-state index in [2.05, 4.69) is 40.5 Å². The lowest BCUT2D eigenvalue weighted by atomic mass is 10.0. The molecule has 0 spiro atoms. The highest BCUT2D eigenvalue weighted by molar-refractivity contribution is 5.93. The van der Waals surface area contributed by atoms with Gasteiger partial charge in [-0.1, -0.05) is 54.6 Å². The molecule has 1 saturated heterocycles. The van der Waals surface area contributed by atoms with Crippen molar-refractivity contribution in [2.75, 3.05) is 31.6 Å². The van der Waals surface area contributed by atoms with Crippen LogP contribution in [0.1, 0.15) is 35.6 Å². The molecule has 5 nitrogen and oxygen atoms in total. The number of rotatable bonds is 6. The third-order valence-electron chi connectivity index (χ3n) is 6.19. The van der Waals surface area contributed by atoms with Crippen LogP contribution in [0.2, 0.25) is 0 Å². The van der Waals surface area contributed by atoms with Gasteiger partial charge in [0.1, 0.15) is 13.2 Å². The fraction of sp³-hybridized carbons (Fsp3) is 0.296. The van der Waals surface area contributed by atoms with E-state index < -0.39 is 0 Å². The van der Waals surface area contributed by atoms with E-state index in [4.69, 9.17) is 9.47 Å². The van der Waals surface area contributed by atoms with Crippen LogP contribution in [-0.2, 0) is 11.2 Å². The van der Waals surface area contributed by atoms with Crippen LogP contribution in [0.3, 0.4) is 0 Å². The zero-order chi connectivity index (χ0) is 21.8. The number of nitrogens with zero attached hydrogens (tertiary/aromatic N) is 1. The molecule has 0 unspecified atom stereocenters. The van der Waals surface area contributed by atoms with Gasteiger partial charge in [-0.25, -0.2) is 0 Å². The second-order valence-corrected chi connectivity index (χ2v) is 8.40. The van der Waals surface area contributed by atoms with Gasteiger partial charge < -0.3 is 14.8 Å². The number of ether oxygens (including phenoxy) is 2. The molecular formula is C27H28N2O3. The van der Waals surface area contributed by atoms with Crippen molar-refractivity contribution in [1.29, 1.82) is 0 Å². The number of hydrogen-bond acceptors (Lipinski definition) is 4. The van der Waals surface area contributed by atoms with Crippen molar-refractivity contribution in [1.82, 2.24) is 4.90 Å². The Morgan fingerprint density at radius 1 is 0.938 bits per heavy atom. The number of anilines is 1. The molecule has 1 amide bonds. The summed E-state index contributed by atoms with van der Waals surface area (Å²) in [6.45, 7) is 2.46. The van der Waals surface area contributed by atoms with Crippen LogP contribution in [0.4, 0.5) is 5.69 Å². The van der Waals surface area contributed by atoms with Crippen LogP contribution in [0.25, 0.3) is 0 Å². The van der Waals surface area contributed by atoms with E-state index in [-0.39, 0.29) is 11.9 Å². The lowest BCUT2D eigenvalue weighted by Gasteiger charge is -2.26. The number of nitrogens with one attached hydrogen (secondary N) is 1. The van der Waals surface area contributed by atoms with Crippen molar-refractivity contribution < 1.29 is 14.3 Å². The second kappa shape index (κ2) is 9.45. The van der Waals surface area contributed by atoms with Crippen LogP contribution in [-0.4, -0.2) is 37.1 Å². The van der Waals surface area contributed by atoms with E-state index in [1.165, 1.54) is 11.1 Å². The average molecular weight is 429 g/mol. The number of benzene rings is 3. The van der Waals surface area contributed by atoms with Gasteiger partial charge in [0, 0.05) is 11.7 Å². The molecule has 3 aromatic rings. The Morgan fingerprint density at radius 3 is 2.59 bits per heavy atom. The maximum atomic E-state index is 13.0. The van der Waals surface area contributed by atoms with Crippen LogP contribution < -0.4 is 14.8 Å². The van der Waals surface area contributed by atoms with Crippen LogP contribution in [0, 0.1) is 0 Å². The molecule has 0 saturated carbocycles. The maximum Gasteiger partial charge on any atom is 0.238 e. The number of carbonyl (C=O) groups is 1. The van der Waals surface area contributed by atoms with E-state index in [0.29, 0.717) is 19.8 Å². The fourth-order valence-electron chi connectivity index (χ4n) is 4.65. The first-order valence-electron chi connectivity index (χ1n) is 11.3. The van der Waals surface area contributed by atoms with Crippen LogP contribution >= 0.6 is 0 Å². The highest BCUT2D eigenvalue weighted by Gasteiger charge is 2.29. The van der Waals surface area contributed by atoms with Crippen molar-refractivity contribution in [3.05, 3.63) is 89.5 Å². The summed E-state index contributed by atoms with van der Waals surface area (Å²) in [4.78, 5) is 15.2. The molecule has 1 fully saturated rings. The molecule has 0 aliphatic carbocycles. The Kier molecular flexibility index (Phi) is 6.08. The molecule has 2 aliphatic heterocycles. The molecule has 0 bridgehead atoms. The highest BCUT2D eigenvalue weighted by Crippen LogP contribution is 2.38. The Labute approximate surface area is 189 Å². The standard InChI is InChI=1S/C27H28N2O3/c30-27(28-23-10-5-4-9-21(23)17-20-7-2-1-3-8-20)19-29-14-6-11-24(29)22-12-13-25-26(18-22)32-16-15-31-25/h1-5,7-10,12-13,18,24H,6,11,14-17,19H2,(H,28,30)/t24-/m1/s1. The molecule has 3 aromatic carbocycles. The van der Waals surface area contributed by atoms with E-state index in [1.54, 1.807) is 0 Å².